The third-order valence-electron chi connectivity index (χ3n) is 5.99. The van der Waals surface area contributed by atoms with Gasteiger partial charge in [0.25, 0.3) is 5.91 Å². The summed E-state index contributed by atoms with van der Waals surface area (Å²) in [6, 6.07) is 6.19. The van der Waals surface area contributed by atoms with Gasteiger partial charge in [0.2, 0.25) is 5.88 Å². The van der Waals surface area contributed by atoms with Crippen molar-refractivity contribution in [1.82, 2.24) is 34.8 Å². The number of sulfone groups is 1. The SMILES string of the molecule is C.CS(=O)(=O)c1ccc(-n2ncc3c(OC4CCN(C(=O)c5c[nH]nc5C(F)(F)F)CC4)ncnc32)cc1. The molecule has 0 aliphatic carbocycles. The monoisotopic (exact) mass is 551 g/mol. The molecule has 0 bridgehead atoms. The molecular weight excluding hydrogens is 527 g/mol. The molecule has 1 fully saturated rings. The van der Waals surface area contributed by atoms with Crippen molar-refractivity contribution in [3.8, 4) is 11.6 Å². The van der Waals surface area contributed by atoms with Crippen molar-refractivity contribution in [3.05, 3.63) is 54.2 Å². The fourth-order valence-corrected chi connectivity index (χ4v) is 4.74. The van der Waals surface area contributed by atoms with Crippen LogP contribution in [0.4, 0.5) is 13.2 Å². The predicted octanol–water partition coefficient (Wildman–Crippen LogP) is 3.28. The highest BCUT2D eigenvalue weighted by atomic mass is 32.2. The number of carbonyl (C=O) groups excluding carboxylic acids is 1. The van der Waals surface area contributed by atoms with E-state index < -0.39 is 33.2 Å². The Labute approximate surface area is 215 Å². The Kier molecular flexibility index (Phi) is 7.14. The van der Waals surface area contributed by atoms with Crippen LogP contribution >= 0.6 is 0 Å². The predicted molar refractivity (Wildman–Crippen MR) is 130 cm³/mol. The van der Waals surface area contributed by atoms with E-state index in [0.29, 0.717) is 29.6 Å². The third-order valence-corrected chi connectivity index (χ3v) is 7.11. The molecule has 1 aromatic carbocycles. The average Bonchev–Trinajstić information content (AvgIpc) is 3.52. The molecule has 3 aromatic heterocycles. The van der Waals surface area contributed by atoms with Crippen molar-refractivity contribution in [2.24, 2.45) is 0 Å². The van der Waals surface area contributed by atoms with Gasteiger partial charge < -0.3 is 9.64 Å². The van der Waals surface area contributed by atoms with Crippen LogP contribution in [0.5, 0.6) is 5.88 Å². The number of aromatic nitrogens is 6. The molecule has 202 valence electrons. The summed E-state index contributed by atoms with van der Waals surface area (Å²) in [7, 11) is -3.34. The van der Waals surface area contributed by atoms with Gasteiger partial charge in [0.15, 0.2) is 21.2 Å². The summed E-state index contributed by atoms with van der Waals surface area (Å²) in [6.45, 7) is 0.401. The van der Waals surface area contributed by atoms with Gasteiger partial charge in [0.05, 0.1) is 22.3 Å². The van der Waals surface area contributed by atoms with E-state index in [1.165, 1.54) is 34.2 Å². The number of hydrogen-bond acceptors (Lipinski definition) is 8. The van der Waals surface area contributed by atoms with Crippen LogP contribution in [0.25, 0.3) is 16.7 Å². The van der Waals surface area contributed by atoms with Crippen LogP contribution in [0.1, 0.15) is 36.3 Å². The van der Waals surface area contributed by atoms with Gasteiger partial charge in [-0.3, -0.25) is 9.89 Å². The number of amides is 1. The van der Waals surface area contributed by atoms with Gasteiger partial charge >= 0.3 is 6.18 Å². The Balaban J connectivity index is 0.00000336. The molecular formula is C23H24F3N7O4S. The number of aromatic amines is 1. The molecule has 38 heavy (non-hydrogen) atoms. The van der Waals surface area contributed by atoms with E-state index >= 15 is 0 Å². The highest BCUT2D eigenvalue weighted by Crippen LogP contribution is 2.31. The molecule has 1 amide bonds. The first-order valence-corrected chi connectivity index (χ1v) is 13.0. The van der Waals surface area contributed by atoms with Gasteiger partial charge in [-0.15, -0.1) is 0 Å². The first-order chi connectivity index (χ1) is 17.5. The van der Waals surface area contributed by atoms with Crippen molar-refractivity contribution in [3.63, 3.8) is 0 Å². The van der Waals surface area contributed by atoms with Crippen molar-refractivity contribution in [2.45, 2.75) is 37.4 Å². The molecule has 0 atom stereocenters. The van der Waals surface area contributed by atoms with E-state index in [-0.39, 0.29) is 37.4 Å². The lowest BCUT2D eigenvalue weighted by molar-refractivity contribution is -0.141. The zero-order valence-electron chi connectivity index (χ0n) is 19.3. The number of nitrogens with zero attached hydrogens (tertiary/aromatic N) is 6. The van der Waals surface area contributed by atoms with E-state index in [9.17, 15) is 26.4 Å². The van der Waals surface area contributed by atoms with Gasteiger partial charge in [-0.2, -0.15) is 23.4 Å². The van der Waals surface area contributed by atoms with Crippen LogP contribution in [0.3, 0.4) is 0 Å². The summed E-state index contributed by atoms with van der Waals surface area (Å²) in [5.41, 5.74) is -0.704. The summed E-state index contributed by atoms with van der Waals surface area (Å²) in [5.74, 6) is -0.463. The molecule has 5 rings (SSSR count). The Morgan fingerprint density at radius 1 is 1.13 bits per heavy atom. The number of alkyl halides is 3. The van der Waals surface area contributed by atoms with Crippen LogP contribution in [-0.2, 0) is 16.0 Å². The lowest BCUT2D eigenvalue weighted by atomic mass is 10.1. The van der Waals surface area contributed by atoms with Crippen LogP contribution in [-0.4, -0.2) is 74.6 Å². The Morgan fingerprint density at radius 3 is 2.45 bits per heavy atom. The van der Waals surface area contributed by atoms with Gasteiger partial charge in [-0.1, -0.05) is 7.43 Å². The first-order valence-electron chi connectivity index (χ1n) is 11.1. The van der Waals surface area contributed by atoms with Gasteiger partial charge in [-0.05, 0) is 24.3 Å². The largest absolute Gasteiger partial charge is 0.474 e. The maximum absolute atomic E-state index is 13.1. The topological polar surface area (TPSA) is 136 Å². The van der Waals surface area contributed by atoms with Crippen molar-refractivity contribution < 1.29 is 31.1 Å². The molecule has 1 aliphatic heterocycles. The number of fused-ring (bicyclic) bond motifs is 1. The van der Waals surface area contributed by atoms with Crippen molar-refractivity contribution in [2.75, 3.05) is 19.3 Å². The molecule has 15 heteroatoms. The van der Waals surface area contributed by atoms with Crippen LogP contribution in [0.2, 0.25) is 0 Å². The normalized spacial score (nSPS) is 14.9. The zero-order chi connectivity index (χ0) is 26.4. The Morgan fingerprint density at radius 2 is 1.82 bits per heavy atom. The Bertz CT molecular complexity index is 1560. The smallest absolute Gasteiger partial charge is 0.435 e. The lowest BCUT2D eigenvalue weighted by Crippen LogP contribution is -2.42. The number of piperidine rings is 1. The molecule has 1 N–H and O–H groups in total. The van der Waals surface area contributed by atoms with Crippen molar-refractivity contribution >= 4 is 26.8 Å². The van der Waals surface area contributed by atoms with Crippen LogP contribution < -0.4 is 4.74 Å². The van der Waals surface area contributed by atoms with Crippen LogP contribution in [0, 0.1) is 0 Å². The van der Waals surface area contributed by atoms with Crippen LogP contribution in [0.15, 0.2) is 47.9 Å². The average molecular weight is 552 g/mol. The molecule has 4 heterocycles. The number of carbonyl (C=O) groups is 1. The minimum Gasteiger partial charge on any atom is -0.474 e. The number of halogens is 3. The minimum atomic E-state index is -4.73. The Hall–Kier alpha value is -4.01. The number of benzene rings is 1. The molecule has 0 unspecified atom stereocenters. The maximum Gasteiger partial charge on any atom is 0.435 e. The lowest BCUT2D eigenvalue weighted by Gasteiger charge is -2.32. The zero-order valence-corrected chi connectivity index (χ0v) is 20.1. The number of rotatable bonds is 5. The minimum absolute atomic E-state index is 0. The summed E-state index contributed by atoms with van der Waals surface area (Å²) >= 11 is 0. The number of likely N-dealkylation sites (tertiary alicyclic amines) is 1. The van der Waals surface area contributed by atoms with E-state index in [1.54, 1.807) is 12.1 Å². The van der Waals surface area contributed by atoms with Crippen molar-refractivity contribution in [1.29, 1.82) is 0 Å². The second-order valence-electron chi connectivity index (χ2n) is 8.49. The van der Waals surface area contributed by atoms with E-state index in [1.807, 2.05) is 0 Å². The molecule has 0 saturated carbocycles. The van der Waals surface area contributed by atoms with E-state index in [2.05, 4.69) is 25.3 Å². The quantitative estimate of drug-likeness (QED) is 0.399. The molecule has 0 spiro atoms. The summed E-state index contributed by atoms with van der Waals surface area (Å²) < 4.78 is 70.3. The summed E-state index contributed by atoms with van der Waals surface area (Å²) in [5, 5.41) is 10.1. The molecule has 11 nitrogen and oxygen atoms in total. The number of H-pyrrole nitrogens is 1. The highest BCUT2D eigenvalue weighted by molar-refractivity contribution is 7.90. The molecule has 4 aromatic rings. The second kappa shape index (κ2) is 10.0. The maximum atomic E-state index is 13.1. The molecule has 1 saturated heterocycles. The fraction of sp³-hybridized carbons (Fsp3) is 0.348. The number of nitrogens with one attached hydrogen (secondary N) is 1. The molecule has 1 aliphatic rings. The van der Waals surface area contributed by atoms with Gasteiger partial charge in [0, 0.05) is 38.4 Å². The molecule has 0 radical (unpaired) electrons. The highest BCUT2D eigenvalue weighted by Gasteiger charge is 2.40. The standard InChI is InChI=1S/C22H20F3N7O4S.CH4/c1-37(34,35)15-4-2-13(3-5-15)32-19-17(11-29-32)20(27-12-26-19)36-14-6-8-31(9-7-14)21(33)16-10-28-30-18(16)22(23,24)25;/h2-5,10-12,14H,6-9H2,1H3,(H,28,30);1H4. The second-order valence-corrected chi connectivity index (χ2v) is 10.5. The van der Waals surface area contributed by atoms with E-state index in [4.69, 9.17) is 4.74 Å². The fourth-order valence-electron chi connectivity index (χ4n) is 4.11. The van der Waals surface area contributed by atoms with E-state index in [0.717, 1.165) is 12.5 Å². The summed E-state index contributed by atoms with van der Waals surface area (Å²) in [4.78, 5) is 22.6. The number of ether oxygens (including phenoxy) is 1. The van der Waals surface area contributed by atoms with Gasteiger partial charge in [-0.25, -0.2) is 23.1 Å². The third kappa shape index (κ3) is 5.18. The van der Waals surface area contributed by atoms with Gasteiger partial charge in [0.1, 0.15) is 17.8 Å². The first kappa shape index (κ1) is 27.0. The summed E-state index contributed by atoms with van der Waals surface area (Å²) in [6.07, 6.45) is 0.644. The number of hydrogen-bond donors (Lipinski definition) is 1.